The Hall–Kier alpha value is 0. The van der Waals surface area contributed by atoms with E-state index in [9.17, 15) is 0 Å². The average molecular weight is 1410 g/mol. The van der Waals surface area contributed by atoms with Gasteiger partial charge in [-0.1, -0.05) is 334 Å². The zero-order valence-electron chi connectivity index (χ0n) is 68.7. The van der Waals surface area contributed by atoms with Gasteiger partial charge in [0.2, 0.25) is 0 Å². The summed E-state index contributed by atoms with van der Waals surface area (Å²) >= 11 is 0. The summed E-state index contributed by atoms with van der Waals surface area (Å²) in [4.78, 5) is 0. The predicted molar refractivity (Wildman–Crippen MR) is 439 cm³/mol. The highest BCUT2D eigenvalue weighted by Gasteiger charge is 2.52. The maximum atomic E-state index is 1.62. The van der Waals surface area contributed by atoms with Gasteiger partial charge in [-0.15, -0.1) is 0 Å². The van der Waals surface area contributed by atoms with Crippen LogP contribution in [0.1, 0.15) is 456 Å². The van der Waals surface area contributed by atoms with Crippen molar-refractivity contribution in [2.24, 2.45) is 189 Å². The van der Waals surface area contributed by atoms with Crippen molar-refractivity contribution in [3.63, 3.8) is 0 Å². The van der Waals surface area contributed by atoms with Gasteiger partial charge in [0.05, 0.1) is 0 Å². The predicted octanol–water partition coefficient (Wildman–Crippen LogP) is 31.6. The second-order valence-electron chi connectivity index (χ2n) is 45.0. The van der Waals surface area contributed by atoms with Crippen LogP contribution in [-0.2, 0) is 0 Å². The molecule has 0 N–H and O–H groups in total. The molecule has 586 valence electrons. The van der Waals surface area contributed by atoms with E-state index in [0.717, 1.165) is 65.1 Å². The molecule has 24 fully saturated rings. The van der Waals surface area contributed by atoms with Gasteiger partial charge in [-0.05, 0) is 311 Å². The van der Waals surface area contributed by atoms with E-state index in [1.54, 1.807) is 456 Å². The molecule has 0 radical (unpaired) electrons. The molecule has 24 saturated carbocycles. The van der Waals surface area contributed by atoms with Crippen molar-refractivity contribution in [2.75, 3.05) is 0 Å². The highest BCUT2D eigenvalue weighted by atomic mass is 14.6. The van der Waals surface area contributed by atoms with Gasteiger partial charge in [0.15, 0.2) is 0 Å². The summed E-state index contributed by atoms with van der Waals surface area (Å²) in [6, 6.07) is 0. The van der Waals surface area contributed by atoms with Crippen LogP contribution in [0.4, 0.5) is 0 Å². The zero-order chi connectivity index (χ0) is 68.7. The molecule has 24 aliphatic rings. The van der Waals surface area contributed by atoms with E-state index >= 15 is 0 Å². The smallest absolute Gasteiger partial charge is 0.0329 e. The fraction of sp³-hybridized carbons (Fsp3) is 1.00. The molecule has 0 aromatic carbocycles. The SMILES string of the molecule is C1CC2CC3CCCC3CC2C1.C1CC2CCCC3CCC(C1)C23.C1CC2CCCC3CCCC(C1)C23.C1CCC2C(C1)C1CCCCC21.C1CCC2C(C1)CC1CCCCC12.C1CCC2C(C1)CCC1CCCCC12.C1CCC2CC3CCCC3CC2C1.C1CCC2CC3CCCCC3CC2C1. The Morgan fingerprint density at radius 3 is 0.427 bits per heavy atom. The number of hydrogen-bond donors (Lipinski definition) is 0. The molecular weight excluding hydrogens is 1240 g/mol. The average Bonchev–Trinajstić information content (AvgIpc) is 1.09. The van der Waals surface area contributed by atoms with Crippen molar-refractivity contribution < 1.29 is 0 Å². The number of rotatable bonds is 0. The summed E-state index contributed by atoms with van der Waals surface area (Å²) < 4.78 is 0. The quantitative estimate of drug-likeness (QED) is 0.227. The fourth-order valence-electron chi connectivity index (χ4n) is 36.1. The van der Waals surface area contributed by atoms with Crippen LogP contribution in [0.2, 0.25) is 0 Å². The number of hydrogen-bond acceptors (Lipinski definition) is 0. The summed E-state index contributed by atoms with van der Waals surface area (Å²) in [5.41, 5.74) is 0. The molecule has 0 amide bonds. The molecule has 0 heteroatoms. The summed E-state index contributed by atoms with van der Waals surface area (Å²) in [6.07, 6.45) is 112. The molecule has 0 bridgehead atoms. The third kappa shape index (κ3) is 18.2. The molecular formula is C103H174. The van der Waals surface area contributed by atoms with Gasteiger partial charge in [0.25, 0.3) is 0 Å². The van der Waals surface area contributed by atoms with Gasteiger partial charge < -0.3 is 0 Å². The molecule has 22 atom stereocenters. The van der Waals surface area contributed by atoms with Crippen molar-refractivity contribution in [2.45, 2.75) is 456 Å². The third-order valence-corrected chi connectivity index (χ3v) is 40.5. The number of fused-ring (bicyclic) bond motifs is 16. The molecule has 0 heterocycles. The Morgan fingerprint density at radius 1 is 0.0777 bits per heavy atom. The highest BCUT2D eigenvalue weighted by Crippen LogP contribution is 2.62. The maximum absolute atomic E-state index is 1.62. The fourth-order valence-corrected chi connectivity index (χ4v) is 36.1. The van der Waals surface area contributed by atoms with E-state index < -0.39 is 0 Å². The van der Waals surface area contributed by atoms with E-state index in [0.29, 0.717) is 0 Å². The first-order chi connectivity index (χ1) is 51.1. The van der Waals surface area contributed by atoms with Crippen LogP contribution in [0.15, 0.2) is 0 Å². The Balaban J connectivity index is 0.0000000873. The molecule has 0 saturated heterocycles. The normalized spacial score (nSPS) is 50.1. The van der Waals surface area contributed by atoms with Crippen molar-refractivity contribution in [1.29, 1.82) is 0 Å². The van der Waals surface area contributed by atoms with E-state index in [1.165, 1.54) is 124 Å². The minimum Gasteiger partial charge on any atom is -0.0530 e. The minimum atomic E-state index is 1.16. The molecule has 0 spiro atoms. The van der Waals surface area contributed by atoms with E-state index in [1.807, 2.05) is 0 Å². The molecule has 22 unspecified atom stereocenters. The van der Waals surface area contributed by atoms with Crippen molar-refractivity contribution in [3.8, 4) is 0 Å². The van der Waals surface area contributed by atoms with Gasteiger partial charge in [0.1, 0.15) is 0 Å². The first kappa shape index (κ1) is 75.7. The van der Waals surface area contributed by atoms with Crippen LogP contribution in [0.3, 0.4) is 0 Å². The summed E-state index contributed by atoms with van der Waals surface area (Å²) in [6.45, 7) is 0. The third-order valence-electron chi connectivity index (χ3n) is 40.5. The molecule has 0 aliphatic heterocycles. The van der Waals surface area contributed by atoms with Crippen LogP contribution in [0.5, 0.6) is 0 Å². The molecule has 0 nitrogen and oxygen atoms in total. The first-order valence-corrected chi connectivity index (χ1v) is 51.1. The van der Waals surface area contributed by atoms with Gasteiger partial charge >= 0.3 is 0 Å². The lowest BCUT2D eigenvalue weighted by Crippen LogP contribution is -2.49. The lowest BCUT2D eigenvalue weighted by molar-refractivity contribution is -0.0781. The van der Waals surface area contributed by atoms with Crippen LogP contribution in [0.25, 0.3) is 0 Å². The van der Waals surface area contributed by atoms with Gasteiger partial charge in [-0.3, -0.25) is 0 Å². The molecule has 24 rings (SSSR count). The van der Waals surface area contributed by atoms with Gasteiger partial charge in [-0.2, -0.15) is 0 Å². The monoisotopic (exact) mass is 1410 g/mol. The lowest BCUT2D eigenvalue weighted by Gasteiger charge is -2.57. The van der Waals surface area contributed by atoms with Crippen molar-refractivity contribution in [1.82, 2.24) is 0 Å². The second kappa shape index (κ2) is 37.3. The van der Waals surface area contributed by atoms with E-state index in [2.05, 4.69) is 0 Å². The van der Waals surface area contributed by atoms with Crippen LogP contribution < -0.4 is 0 Å². The second-order valence-corrected chi connectivity index (χ2v) is 45.0. The summed E-state index contributed by atoms with van der Waals surface area (Å²) in [5, 5.41) is 0. The highest BCUT2D eigenvalue weighted by molar-refractivity contribution is 5.02. The Bertz CT molecular complexity index is 2210. The van der Waals surface area contributed by atoms with Crippen LogP contribution in [0, 0.1) is 189 Å². The topological polar surface area (TPSA) is 0 Å². The Labute approximate surface area is 641 Å². The molecule has 103 heavy (non-hydrogen) atoms. The van der Waals surface area contributed by atoms with Crippen molar-refractivity contribution in [3.05, 3.63) is 0 Å². The maximum Gasteiger partial charge on any atom is -0.0329 e. The lowest BCUT2D eigenvalue weighted by atomic mass is 9.48. The van der Waals surface area contributed by atoms with Gasteiger partial charge in [0, 0.05) is 0 Å². The standard InChI is InChI=1S/2C14H24.3C13H22.3C12H20/c1-3-7-13-11(5-1)9-10-12-6-2-4-8-14(12)13;1-2-6-12-10-14-8-4-3-7-13(14)9-11(12)5-1;1-4-10-6-2-8-12-9-3-7-11(5-1)13(10)12;1-3-7-12-10(5-1)9-11-6-2-4-8-13(11)12;1-2-5-11-9-13-7-3-6-12(13)8-10(11)4-1;1-3-9-4-2-6-11-8-7-10(5-1)12(9)11;1-3-9-7-11-5-2-6-12(11)8-10(9)4-1;1-2-6-10-9(5-1)11-7-3-4-8-12(10)11/h2*11-14H,1-10H2;3*10-13H,1-9H2;3*9-12H,1-8H2. The summed E-state index contributed by atoms with van der Waals surface area (Å²) in [7, 11) is 0. The van der Waals surface area contributed by atoms with Crippen LogP contribution in [-0.4, -0.2) is 0 Å². The van der Waals surface area contributed by atoms with E-state index in [4.69, 9.17) is 0 Å². The largest absolute Gasteiger partial charge is 0.0530 e. The summed E-state index contributed by atoms with van der Waals surface area (Å²) in [5.74, 6) is 37.5. The molecule has 24 aliphatic carbocycles. The van der Waals surface area contributed by atoms with E-state index in [-0.39, 0.29) is 0 Å². The van der Waals surface area contributed by atoms with Crippen molar-refractivity contribution >= 4 is 0 Å². The molecule has 0 aromatic rings. The van der Waals surface area contributed by atoms with Gasteiger partial charge in [-0.25, -0.2) is 0 Å². The Kier molecular flexibility index (Phi) is 27.4. The Morgan fingerprint density at radius 2 is 0.204 bits per heavy atom. The van der Waals surface area contributed by atoms with Crippen LogP contribution >= 0.6 is 0 Å². The molecule has 0 aromatic heterocycles. The zero-order valence-corrected chi connectivity index (χ0v) is 68.7. The minimum absolute atomic E-state index is 1.16. The first-order valence-electron chi connectivity index (χ1n) is 51.1.